The maximum atomic E-state index is 13.2. The van der Waals surface area contributed by atoms with Crippen molar-refractivity contribution in [2.45, 2.75) is 44.2 Å². The fourth-order valence-electron chi connectivity index (χ4n) is 4.61. The Labute approximate surface area is 222 Å². The number of nitro benzene ring substituents is 1. The molecule has 0 radical (unpaired) electrons. The number of nitro groups is 1. The van der Waals surface area contributed by atoms with Crippen LogP contribution in [0, 0.1) is 23.0 Å². The van der Waals surface area contributed by atoms with Gasteiger partial charge in [0.1, 0.15) is 12.3 Å². The van der Waals surface area contributed by atoms with Gasteiger partial charge in [-0.1, -0.05) is 36.8 Å². The topological polar surface area (TPSA) is 153 Å². The van der Waals surface area contributed by atoms with Crippen molar-refractivity contribution in [3.05, 3.63) is 80.4 Å². The fraction of sp³-hybridized carbons (Fsp3) is 0.360. The normalized spacial score (nSPS) is 19.6. The molecule has 0 aromatic heterocycles. The summed E-state index contributed by atoms with van der Waals surface area (Å²) in [4.78, 5) is 38.1. The van der Waals surface area contributed by atoms with Crippen molar-refractivity contribution in [1.29, 1.82) is 0 Å². The van der Waals surface area contributed by atoms with Crippen LogP contribution in [0.3, 0.4) is 0 Å². The van der Waals surface area contributed by atoms with Crippen LogP contribution in [0.4, 0.5) is 5.69 Å². The molecule has 2 aromatic carbocycles. The number of benzene rings is 2. The van der Waals surface area contributed by atoms with Crippen LogP contribution in [0.15, 0.2) is 64.0 Å². The Hall–Kier alpha value is -3.42. The third-order valence-corrected chi connectivity index (χ3v) is 9.58. The Morgan fingerprint density at radius 3 is 2.55 bits per heavy atom. The molecule has 4 rings (SSSR count). The van der Waals surface area contributed by atoms with Crippen LogP contribution in [0.25, 0.3) is 0 Å². The second-order valence-corrected chi connectivity index (χ2v) is 12.3. The van der Waals surface area contributed by atoms with Gasteiger partial charge in [-0.2, -0.15) is 0 Å². The standard InChI is InChI=1S/C25H27N3O8S2/c1-3-19-21-14-22(37(33)13-12-26-38(34,35)18-10-8-16(2)9-11-18)23(27(21)24(19)29)25(30)36-15-17-6-4-5-7-20(17)28(31)32/h4-11,19,21,26H,3,12-15H2,1-2H3. The van der Waals surface area contributed by atoms with E-state index in [0.29, 0.717) is 6.42 Å². The lowest BCUT2D eigenvalue weighted by Crippen LogP contribution is -2.58. The number of para-hydroxylation sites is 1. The SMILES string of the molecule is CCC1C(=O)N2C(C(=O)OCc3ccccc3[N+](=O)[O-])=C(S(=O)CCNS(=O)(=O)c3ccc(C)cc3)CC12. The molecule has 0 aliphatic carbocycles. The second kappa shape index (κ2) is 11.1. The largest absolute Gasteiger partial charge is 0.456 e. The van der Waals surface area contributed by atoms with E-state index in [1.165, 1.54) is 35.2 Å². The Balaban J connectivity index is 1.49. The van der Waals surface area contributed by atoms with E-state index in [2.05, 4.69) is 4.72 Å². The van der Waals surface area contributed by atoms with Gasteiger partial charge in [0.15, 0.2) is 0 Å². The number of hydrogen-bond donors (Lipinski definition) is 1. The third-order valence-electron chi connectivity index (χ3n) is 6.62. The molecule has 1 amide bonds. The van der Waals surface area contributed by atoms with Crippen LogP contribution in [-0.4, -0.2) is 52.7 Å². The van der Waals surface area contributed by atoms with E-state index in [4.69, 9.17) is 4.74 Å². The summed E-state index contributed by atoms with van der Waals surface area (Å²) in [6.45, 7) is 3.13. The number of nitrogens with zero attached hydrogens (tertiary/aromatic N) is 2. The first kappa shape index (κ1) is 27.6. The molecule has 0 spiro atoms. The van der Waals surface area contributed by atoms with Crippen molar-refractivity contribution in [3.8, 4) is 0 Å². The third kappa shape index (κ3) is 5.40. The number of aryl methyl sites for hydroxylation is 1. The van der Waals surface area contributed by atoms with Gasteiger partial charge in [0, 0.05) is 29.7 Å². The van der Waals surface area contributed by atoms with Gasteiger partial charge in [-0.3, -0.25) is 19.1 Å². The summed E-state index contributed by atoms with van der Waals surface area (Å²) < 4.78 is 46.1. The summed E-state index contributed by atoms with van der Waals surface area (Å²) in [6.07, 6.45) is 0.756. The minimum absolute atomic E-state index is 0.0776. The summed E-state index contributed by atoms with van der Waals surface area (Å²) in [6, 6.07) is 11.8. The number of rotatable bonds is 11. The van der Waals surface area contributed by atoms with Crippen LogP contribution in [-0.2, 0) is 41.8 Å². The van der Waals surface area contributed by atoms with Crippen LogP contribution < -0.4 is 4.72 Å². The number of β-lactam (4-membered cyclic amide) rings is 1. The molecule has 38 heavy (non-hydrogen) atoms. The first-order valence-electron chi connectivity index (χ1n) is 12.0. The number of fused-ring (bicyclic) bond motifs is 1. The van der Waals surface area contributed by atoms with E-state index in [-0.39, 0.29) is 63.3 Å². The van der Waals surface area contributed by atoms with Gasteiger partial charge < -0.3 is 9.64 Å². The molecule has 3 atom stereocenters. The first-order valence-corrected chi connectivity index (χ1v) is 14.8. The molecule has 3 unspecified atom stereocenters. The molecule has 2 aromatic rings. The molecule has 11 nitrogen and oxygen atoms in total. The zero-order valence-corrected chi connectivity index (χ0v) is 22.4. The molecule has 2 aliphatic heterocycles. The Morgan fingerprint density at radius 1 is 1.21 bits per heavy atom. The van der Waals surface area contributed by atoms with Crippen molar-refractivity contribution >= 4 is 38.4 Å². The summed E-state index contributed by atoms with van der Waals surface area (Å²) in [5, 5.41) is 11.3. The molecule has 2 heterocycles. The number of esters is 1. The highest BCUT2D eigenvalue weighted by molar-refractivity contribution is 7.90. The number of carbonyl (C=O) groups is 2. The molecule has 1 N–H and O–H groups in total. The van der Waals surface area contributed by atoms with Gasteiger partial charge in [-0.15, -0.1) is 0 Å². The van der Waals surface area contributed by atoms with E-state index in [0.717, 1.165) is 5.56 Å². The van der Waals surface area contributed by atoms with Crippen molar-refractivity contribution < 1.29 is 31.9 Å². The van der Waals surface area contributed by atoms with Crippen molar-refractivity contribution in [2.24, 2.45) is 5.92 Å². The molecule has 1 fully saturated rings. The van der Waals surface area contributed by atoms with Crippen molar-refractivity contribution in [1.82, 2.24) is 9.62 Å². The zero-order chi connectivity index (χ0) is 27.6. The van der Waals surface area contributed by atoms with E-state index in [9.17, 15) is 32.3 Å². The van der Waals surface area contributed by atoms with Crippen molar-refractivity contribution in [2.75, 3.05) is 12.3 Å². The number of ether oxygens (including phenoxy) is 1. The Bertz CT molecular complexity index is 1440. The lowest BCUT2D eigenvalue weighted by Gasteiger charge is -2.43. The van der Waals surface area contributed by atoms with E-state index >= 15 is 0 Å². The Morgan fingerprint density at radius 2 is 1.89 bits per heavy atom. The zero-order valence-electron chi connectivity index (χ0n) is 20.8. The maximum absolute atomic E-state index is 13.2. The summed E-state index contributed by atoms with van der Waals surface area (Å²) in [5.41, 5.74) is 0.747. The number of hydrogen-bond acceptors (Lipinski definition) is 8. The lowest BCUT2D eigenvalue weighted by atomic mass is 9.85. The summed E-state index contributed by atoms with van der Waals surface area (Å²) >= 11 is 0. The van der Waals surface area contributed by atoms with Crippen LogP contribution in [0.5, 0.6) is 0 Å². The van der Waals surface area contributed by atoms with Crippen LogP contribution >= 0.6 is 0 Å². The highest BCUT2D eigenvalue weighted by Gasteiger charge is 2.55. The van der Waals surface area contributed by atoms with Gasteiger partial charge >= 0.3 is 5.97 Å². The monoisotopic (exact) mass is 561 g/mol. The average Bonchev–Trinajstić information content (AvgIpc) is 3.23. The molecule has 0 saturated carbocycles. The number of nitrogens with one attached hydrogen (secondary N) is 1. The quantitative estimate of drug-likeness (QED) is 0.190. The predicted molar refractivity (Wildman–Crippen MR) is 138 cm³/mol. The van der Waals surface area contributed by atoms with Gasteiger partial charge in [0.25, 0.3) is 5.69 Å². The minimum atomic E-state index is -3.82. The van der Waals surface area contributed by atoms with Gasteiger partial charge in [-0.25, -0.2) is 17.9 Å². The van der Waals surface area contributed by atoms with Crippen LogP contribution in [0.1, 0.15) is 30.9 Å². The number of carbonyl (C=O) groups excluding carboxylic acids is 2. The van der Waals surface area contributed by atoms with Gasteiger partial charge in [-0.05, 0) is 31.5 Å². The lowest BCUT2D eigenvalue weighted by molar-refractivity contribution is -0.385. The maximum Gasteiger partial charge on any atom is 0.356 e. The van der Waals surface area contributed by atoms with Crippen molar-refractivity contribution in [3.63, 3.8) is 0 Å². The number of amides is 1. The Kier molecular flexibility index (Phi) is 8.09. The molecule has 2 aliphatic rings. The molecule has 1 saturated heterocycles. The summed E-state index contributed by atoms with van der Waals surface area (Å²) in [7, 11) is -5.60. The van der Waals surface area contributed by atoms with Crippen LogP contribution in [0.2, 0.25) is 0 Å². The molecule has 202 valence electrons. The fourth-order valence-corrected chi connectivity index (χ4v) is 7.06. The van der Waals surface area contributed by atoms with Gasteiger partial charge in [0.2, 0.25) is 15.9 Å². The highest BCUT2D eigenvalue weighted by atomic mass is 32.2. The molecular weight excluding hydrogens is 534 g/mol. The van der Waals surface area contributed by atoms with E-state index in [1.54, 1.807) is 18.2 Å². The average molecular weight is 562 g/mol. The molecular formula is C25H27N3O8S2. The molecule has 13 heteroatoms. The second-order valence-electron chi connectivity index (χ2n) is 8.99. The van der Waals surface area contributed by atoms with E-state index < -0.39 is 38.3 Å². The minimum Gasteiger partial charge on any atom is -0.456 e. The van der Waals surface area contributed by atoms with Gasteiger partial charge in [0.05, 0.1) is 38.1 Å². The summed E-state index contributed by atoms with van der Waals surface area (Å²) in [5.74, 6) is -1.62. The smallest absolute Gasteiger partial charge is 0.356 e. The number of sulfonamides is 1. The van der Waals surface area contributed by atoms with E-state index in [1.807, 2.05) is 13.8 Å². The first-order chi connectivity index (χ1) is 18.0. The predicted octanol–water partition coefficient (Wildman–Crippen LogP) is 2.53. The molecule has 0 bridgehead atoms. The highest BCUT2D eigenvalue weighted by Crippen LogP contribution is 2.45.